The van der Waals surface area contributed by atoms with Crippen molar-refractivity contribution >= 4 is 61.4 Å². The molecule has 6 heterocycles. The van der Waals surface area contributed by atoms with Gasteiger partial charge in [0.15, 0.2) is 29.5 Å². The van der Waals surface area contributed by atoms with Gasteiger partial charge in [-0.3, -0.25) is 32.3 Å². The van der Waals surface area contributed by atoms with Gasteiger partial charge < -0.3 is 30.2 Å². The summed E-state index contributed by atoms with van der Waals surface area (Å²) in [6.07, 6.45) is -6.27. The summed E-state index contributed by atoms with van der Waals surface area (Å²) in [5.41, 5.74) is 10.9. The molecule has 60 heavy (non-hydrogen) atoms. The van der Waals surface area contributed by atoms with Crippen molar-refractivity contribution in [3.8, 4) is 0 Å². The number of esters is 2. The van der Waals surface area contributed by atoms with Gasteiger partial charge in [-0.05, 0) is 54.0 Å². The Hall–Kier alpha value is -4.25. The van der Waals surface area contributed by atoms with Crippen LogP contribution in [-0.4, -0.2) is 103 Å². The van der Waals surface area contributed by atoms with E-state index in [2.05, 4.69) is 24.9 Å². The van der Waals surface area contributed by atoms with Gasteiger partial charge in [-0.2, -0.15) is 0 Å². The minimum Gasteiger partial charge on any atom is -0.437 e. The highest BCUT2D eigenvalue weighted by molar-refractivity contribution is 7.48. The average Bonchev–Trinajstić information content (AvgIpc) is 3.94. The van der Waals surface area contributed by atoms with E-state index in [9.17, 15) is 18.7 Å². The fourth-order valence-corrected chi connectivity index (χ4v) is 9.22. The van der Waals surface area contributed by atoms with Crippen LogP contribution in [0.2, 0.25) is 0 Å². The maximum absolute atomic E-state index is 16.9. The molecule has 22 nitrogen and oxygen atoms in total. The van der Waals surface area contributed by atoms with Crippen molar-refractivity contribution in [3.05, 3.63) is 31.2 Å². The van der Waals surface area contributed by atoms with Crippen molar-refractivity contribution in [2.45, 2.75) is 90.9 Å². The lowest BCUT2D eigenvalue weighted by Gasteiger charge is -2.30. The molecule has 0 spiro atoms. The van der Waals surface area contributed by atoms with Gasteiger partial charge in [0.25, 0.3) is 0 Å². The van der Waals surface area contributed by atoms with Gasteiger partial charge in [0, 0.05) is 12.1 Å². The zero-order valence-electron chi connectivity index (χ0n) is 33.3. The second-order valence-electron chi connectivity index (χ2n) is 16.3. The number of hydrogen-bond donors (Lipinski definition) is 2. The Morgan fingerprint density at radius 1 is 0.800 bits per heavy atom. The van der Waals surface area contributed by atoms with Crippen LogP contribution in [0.15, 0.2) is 31.2 Å². The molecule has 0 amide bonds. The quantitative estimate of drug-likeness (QED) is 0.137. The fraction of sp³-hybridized carbons (Fsp3) is 0.618. The molecule has 26 heteroatoms. The Balaban J connectivity index is 1.24. The number of nitrogens with two attached hydrogens (primary N) is 2. The summed E-state index contributed by atoms with van der Waals surface area (Å²) in [6.45, 7) is 5.91. The molecule has 3 aliphatic rings. The number of phosphoric acid groups is 2. The molecule has 7 rings (SSSR count). The monoisotopic (exact) mass is 887 g/mol. The number of phosphoric ester groups is 2. The van der Waals surface area contributed by atoms with E-state index in [1.807, 2.05) is 0 Å². The van der Waals surface area contributed by atoms with E-state index in [0.717, 1.165) is 6.33 Å². The molecule has 0 radical (unpaired) electrons. The average molecular weight is 888 g/mol. The number of carbonyl (C=O) groups is 2. The molecule has 0 bridgehead atoms. The van der Waals surface area contributed by atoms with Crippen molar-refractivity contribution < 1.29 is 68.9 Å². The van der Waals surface area contributed by atoms with Crippen LogP contribution in [0, 0.1) is 16.7 Å². The molecule has 4 aromatic rings. The van der Waals surface area contributed by atoms with Crippen molar-refractivity contribution in [3.63, 3.8) is 0 Å². The predicted molar refractivity (Wildman–Crippen MR) is 202 cm³/mol. The topological polar surface area (TPSA) is 278 Å². The highest BCUT2D eigenvalue weighted by Crippen LogP contribution is 2.59. The molecule has 3 fully saturated rings. The van der Waals surface area contributed by atoms with E-state index < -0.39 is 114 Å². The van der Waals surface area contributed by atoms with Gasteiger partial charge in [-0.15, -0.1) is 0 Å². The molecule has 1 saturated carbocycles. The molecule has 1 aliphatic carbocycles. The summed E-state index contributed by atoms with van der Waals surface area (Å²) in [5, 5.41) is 0. The van der Waals surface area contributed by atoms with Crippen molar-refractivity contribution in [2.24, 2.45) is 16.7 Å². The molecule has 4 N–H and O–H groups in total. The van der Waals surface area contributed by atoms with E-state index in [1.165, 1.54) is 34.1 Å². The second kappa shape index (κ2) is 16.6. The second-order valence-corrected chi connectivity index (χ2v) is 19.6. The Morgan fingerprint density at radius 2 is 1.38 bits per heavy atom. The van der Waals surface area contributed by atoms with Crippen LogP contribution >= 0.6 is 15.6 Å². The van der Waals surface area contributed by atoms with Gasteiger partial charge in [0.2, 0.25) is 13.6 Å². The van der Waals surface area contributed by atoms with E-state index in [1.54, 1.807) is 41.5 Å². The zero-order chi connectivity index (χ0) is 43.4. The normalized spacial score (nSPS) is 31.6. The molecular weight excluding hydrogens is 842 g/mol. The number of rotatable bonds is 8. The van der Waals surface area contributed by atoms with Gasteiger partial charge in [0.05, 0.1) is 48.4 Å². The highest BCUT2D eigenvalue weighted by atomic mass is 31.2. The third-order valence-electron chi connectivity index (χ3n) is 9.84. The minimum absolute atomic E-state index is 0.0273. The van der Waals surface area contributed by atoms with Gasteiger partial charge in [-0.25, -0.2) is 51.9 Å². The lowest BCUT2D eigenvalue weighted by molar-refractivity contribution is -0.161. The van der Waals surface area contributed by atoms with Crippen LogP contribution in [0.3, 0.4) is 0 Å². The zero-order valence-corrected chi connectivity index (χ0v) is 35.1. The first-order chi connectivity index (χ1) is 28.2. The molecule has 328 valence electrons. The summed E-state index contributed by atoms with van der Waals surface area (Å²) >= 11 is 0. The van der Waals surface area contributed by atoms with Gasteiger partial charge in [0.1, 0.15) is 41.8 Å². The SMILES string of the molecule is CC(C)(C)C(=O)OCOP1(=O)OC[C@H]2O[C@@H](n3cnc4c(N)ccnc43)C(F)[C@H]2OP(=O)(OCOC(=O)C(C)(C)C)OC[C@H]2C[C@@H](n3cnc4c(N)ncnc43)C(F)[C@H]2O1. The molecule has 2 saturated heterocycles. The number of anilines is 2. The first kappa shape index (κ1) is 43.8. The van der Waals surface area contributed by atoms with Crippen molar-refractivity contribution in [1.82, 2.24) is 34.1 Å². The molecule has 4 aromatic heterocycles. The minimum atomic E-state index is -5.02. The molecule has 4 unspecified atom stereocenters. The largest absolute Gasteiger partial charge is 0.478 e. The van der Waals surface area contributed by atoms with Gasteiger partial charge >= 0.3 is 27.6 Å². The van der Waals surface area contributed by atoms with Crippen LogP contribution < -0.4 is 11.5 Å². The van der Waals surface area contributed by atoms with E-state index in [-0.39, 0.29) is 40.3 Å². The summed E-state index contributed by atoms with van der Waals surface area (Å²) in [4.78, 5) is 45.9. The summed E-state index contributed by atoms with van der Waals surface area (Å²) in [7, 11) is -10.0. The van der Waals surface area contributed by atoms with E-state index in [4.69, 9.17) is 52.8 Å². The smallest absolute Gasteiger partial charge is 0.437 e. The fourth-order valence-electron chi connectivity index (χ4n) is 6.63. The van der Waals surface area contributed by atoms with Crippen LogP contribution in [0.1, 0.15) is 60.2 Å². The Bertz CT molecular complexity index is 2180. The van der Waals surface area contributed by atoms with Gasteiger partial charge in [-0.1, -0.05) is 0 Å². The van der Waals surface area contributed by atoms with Crippen molar-refractivity contribution in [2.75, 3.05) is 38.3 Å². The molecule has 2 aliphatic heterocycles. The number of alkyl halides is 2. The van der Waals surface area contributed by atoms with E-state index >= 15 is 8.78 Å². The third kappa shape index (κ3) is 8.88. The number of fused-ring (bicyclic) bond motifs is 4. The standard InChI is InChI=1S/C34H45F2N9O13P2/c1-33(2,3)31(46)50-15-54-59(48)52-10-17-9-19(44-13-43-24-27(38)40-12-41-29(24)44)21(35)25(17)57-60(49,55-16-51-32(47)34(4,5)6)53-11-20-26(58-59)22(36)30(56-20)45-14-42-23-18(37)7-8-39-28(23)45/h7-8,12-14,17,19-22,25-26,30H,9-11,15-16H2,1-6H3,(H2,37,39)(H2,38,40,41)/t17-,19-,20-,21?,22?,25+,26+,30-,59?,60?/m1/s1. The molecule has 10 atom stereocenters. The number of hydrogen-bond acceptors (Lipinski definition) is 20. The number of halogens is 2. The predicted octanol–water partition coefficient (Wildman–Crippen LogP) is 4.73. The number of pyridine rings is 1. The maximum atomic E-state index is 16.9. The van der Waals surface area contributed by atoms with E-state index in [0.29, 0.717) is 0 Å². The highest BCUT2D eigenvalue weighted by Gasteiger charge is 2.55. The van der Waals surface area contributed by atoms with Crippen LogP contribution in [0.4, 0.5) is 20.3 Å². The number of ether oxygens (including phenoxy) is 3. The number of nitrogen functional groups attached to an aromatic ring is 2. The molecule has 0 aromatic carbocycles. The summed E-state index contributed by atoms with van der Waals surface area (Å²) in [5.74, 6) is -2.61. The van der Waals surface area contributed by atoms with Crippen LogP contribution in [-0.2, 0) is 60.1 Å². The Kier molecular flexibility index (Phi) is 12.1. The first-order valence-corrected chi connectivity index (χ1v) is 21.5. The molecular formula is C34H45F2N9O13P2. The lowest BCUT2D eigenvalue weighted by atomic mass is 9.98. The Labute approximate surface area is 341 Å². The Morgan fingerprint density at radius 3 is 2.03 bits per heavy atom. The first-order valence-electron chi connectivity index (χ1n) is 18.6. The number of imidazole rings is 2. The lowest BCUT2D eigenvalue weighted by Crippen LogP contribution is -2.36. The summed E-state index contributed by atoms with van der Waals surface area (Å²) < 4.78 is 116. The van der Waals surface area contributed by atoms with Crippen LogP contribution in [0.5, 0.6) is 0 Å². The van der Waals surface area contributed by atoms with Crippen molar-refractivity contribution in [1.29, 1.82) is 0 Å². The number of aromatic nitrogens is 7. The number of carbonyl (C=O) groups excluding carboxylic acids is 2. The maximum Gasteiger partial charge on any atom is 0.478 e. The van der Waals surface area contributed by atoms with Crippen LogP contribution in [0.25, 0.3) is 22.3 Å². The number of nitrogens with zero attached hydrogens (tertiary/aromatic N) is 7. The third-order valence-corrected chi connectivity index (χ3v) is 12.6. The summed E-state index contributed by atoms with van der Waals surface area (Å²) in [6, 6.07) is 0.335.